The second kappa shape index (κ2) is 13.1. The van der Waals surface area contributed by atoms with E-state index in [1.54, 1.807) is 43.3 Å². The maximum atomic E-state index is 14.1. The van der Waals surface area contributed by atoms with Crippen LogP contribution < -0.4 is 9.62 Å². The first-order valence-corrected chi connectivity index (χ1v) is 15.4. The number of nitrogens with zero attached hydrogens (tertiary/aromatic N) is 2. The van der Waals surface area contributed by atoms with Crippen molar-refractivity contribution in [2.75, 3.05) is 17.1 Å². The summed E-state index contributed by atoms with van der Waals surface area (Å²) in [5.74, 6) is -0.884. The molecule has 40 heavy (non-hydrogen) atoms. The number of hydrogen-bond acceptors (Lipinski definition) is 4. The van der Waals surface area contributed by atoms with Crippen LogP contribution in [0.1, 0.15) is 37.5 Å². The summed E-state index contributed by atoms with van der Waals surface area (Å²) in [4.78, 5) is 29.2. The molecule has 1 atom stereocenters. The summed E-state index contributed by atoms with van der Waals surface area (Å²) in [5.41, 5.74) is 2.07. The minimum Gasteiger partial charge on any atom is -0.350 e. The van der Waals surface area contributed by atoms with Crippen LogP contribution in [0, 0.1) is 6.92 Å². The van der Waals surface area contributed by atoms with Gasteiger partial charge in [-0.15, -0.1) is 0 Å². The molecule has 214 valence electrons. The topological polar surface area (TPSA) is 86.8 Å². The zero-order chi connectivity index (χ0) is 29.7. The molecule has 0 radical (unpaired) electrons. The van der Waals surface area contributed by atoms with Gasteiger partial charge in [0.1, 0.15) is 12.6 Å². The molecule has 0 saturated heterocycles. The second-order valence-corrected chi connectivity index (χ2v) is 13.5. The predicted octanol–water partition coefficient (Wildman–Crippen LogP) is 5.62. The van der Waals surface area contributed by atoms with Gasteiger partial charge < -0.3 is 10.2 Å². The molecule has 3 aromatic rings. The van der Waals surface area contributed by atoms with Gasteiger partial charge in [-0.05, 0) is 68.7 Å². The van der Waals surface area contributed by atoms with E-state index in [4.69, 9.17) is 23.2 Å². The van der Waals surface area contributed by atoms with E-state index in [-0.39, 0.29) is 24.6 Å². The highest BCUT2D eigenvalue weighted by Gasteiger charge is 2.34. The third-order valence-corrected chi connectivity index (χ3v) is 7.96. The molecule has 3 rings (SSSR count). The van der Waals surface area contributed by atoms with E-state index in [0.717, 1.165) is 27.3 Å². The van der Waals surface area contributed by atoms with Crippen molar-refractivity contribution in [2.45, 2.75) is 52.2 Å². The molecule has 0 aliphatic heterocycles. The Morgan fingerprint density at radius 1 is 0.925 bits per heavy atom. The van der Waals surface area contributed by atoms with Crippen LogP contribution >= 0.6 is 23.2 Å². The van der Waals surface area contributed by atoms with Crippen LogP contribution in [0.5, 0.6) is 0 Å². The summed E-state index contributed by atoms with van der Waals surface area (Å²) in [6.07, 6.45) is 1.27. The van der Waals surface area contributed by atoms with Crippen LogP contribution in [-0.4, -0.2) is 49.5 Å². The standard InChI is InChI=1S/C30H35Cl2N3O4S/c1-21-11-16-25(18-26(21)32)35(40(5,38)39)20-28(36)34(19-23-12-14-24(31)15-13-23)27(29(37)33-30(2,3)4)17-22-9-7-6-8-10-22/h6-16,18,27H,17,19-20H2,1-5H3,(H,33,37)/t27-/m1/s1. The van der Waals surface area contributed by atoms with Crippen molar-refractivity contribution in [2.24, 2.45) is 0 Å². The number of anilines is 1. The molecule has 7 nitrogen and oxygen atoms in total. The van der Waals surface area contributed by atoms with E-state index in [1.807, 2.05) is 51.1 Å². The number of amides is 2. The summed E-state index contributed by atoms with van der Waals surface area (Å²) in [7, 11) is -3.88. The second-order valence-electron chi connectivity index (χ2n) is 10.8. The van der Waals surface area contributed by atoms with Gasteiger partial charge in [0.2, 0.25) is 21.8 Å². The van der Waals surface area contributed by atoms with Gasteiger partial charge in [-0.25, -0.2) is 8.42 Å². The van der Waals surface area contributed by atoms with Crippen molar-refractivity contribution in [3.8, 4) is 0 Å². The number of carbonyl (C=O) groups excluding carboxylic acids is 2. The quantitative estimate of drug-likeness (QED) is 0.326. The Bertz CT molecular complexity index is 1440. The zero-order valence-corrected chi connectivity index (χ0v) is 25.6. The number of nitrogens with one attached hydrogen (secondary N) is 1. The molecule has 0 aromatic heterocycles. The van der Waals surface area contributed by atoms with Gasteiger partial charge in [-0.2, -0.15) is 0 Å². The van der Waals surface area contributed by atoms with Gasteiger partial charge in [-0.1, -0.05) is 71.7 Å². The van der Waals surface area contributed by atoms with E-state index >= 15 is 0 Å². The number of rotatable bonds is 10. The average molecular weight is 605 g/mol. The molecule has 0 aliphatic rings. The Balaban J connectivity index is 2.08. The molecular formula is C30H35Cl2N3O4S. The molecule has 1 N–H and O–H groups in total. The third-order valence-electron chi connectivity index (χ3n) is 6.16. The van der Waals surface area contributed by atoms with Gasteiger partial charge in [0.05, 0.1) is 11.9 Å². The lowest BCUT2D eigenvalue weighted by Crippen LogP contribution is -2.56. The highest BCUT2D eigenvalue weighted by Crippen LogP contribution is 2.26. The van der Waals surface area contributed by atoms with E-state index in [2.05, 4.69) is 5.32 Å². The van der Waals surface area contributed by atoms with Crippen LogP contribution in [0.2, 0.25) is 10.0 Å². The molecule has 0 aliphatic carbocycles. The lowest BCUT2D eigenvalue weighted by atomic mass is 10.0. The third kappa shape index (κ3) is 8.98. The van der Waals surface area contributed by atoms with Gasteiger partial charge in [0, 0.05) is 28.5 Å². The maximum absolute atomic E-state index is 14.1. The molecule has 0 spiro atoms. The summed E-state index contributed by atoms with van der Waals surface area (Å²) in [6, 6.07) is 20.2. The Kier molecular flexibility index (Phi) is 10.3. The molecular weight excluding hydrogens is 569 g/mol. The molecule has 3 aromatic carbocycles. The Hall–Kier alpha value is -3.07. The van der Waals surface area contributed by atoms with Crippen molar-refractivity contribution in [1.29, 1.82) is 0 Å². The molecule has 10 heteroatoms. The Morgan fingerprint density at radius 3 is 2.10 bits per heavy atom. The molecule has 2 amide bonds. The van der Waals surface area contributed by atoms with Crippen molar-refractivity contribution in [3.05, 3.63) is 99.5 Å². The van der Waals surface area contributed by atoms with Crippen molar-refractivity contribution in [1.82, 2.24) is 10.2 Å². The van der Waals surface area contributed by atoms with E-state index in [0.29, 0.717) is 10.0 Å². The van der Waals surface area contributed by atoms with Crippen molar-refractivity contribution < 1.29 is 18.0 Å². The van der Waals surface area contributed by atoms with E-state index in [9.17, 15) is 18.0 Å². The fraction of sp³-hybridized carbons (Fsp3) is 0.333. The number of halogens is 2. The Morgan fingerprint density at radius 2 is 1.55 bits per heavy atom. The molecule has 0 fully saturated rings. The highest BCUT2D eigenvalue weighted by molar-refractivity contribution is 7.92. The maximum Gasteiger partial charge on any atom is 0.244 e. The zero-order valence-electron chi connectivity index (χ0n) is 23.3. The fourth-order valence-corrected chi connectivity index (χ4v) is 5.29. The smallest absolute Gasteiger partial charge is 0.244 e. The SMILES string of the molecule is Cc1ccc(N(CC(=O)N(Cc2ccc(Cl)cc2)[C@H](Cc2ccccc2)C(=O)NC(C)(C)C)S(C)(=O)=O)cc1Cl. The lowest BCUT2D eigenvalue weighted by molar-refractivity contribution is -0.140. The number of benzene rings is 3. The first-order valence-electron chi connectivity index (χ1n) is 12.8. The van der Waals surface area contributed by atoms with E-state index in [1.165, 1.54) is 11.0 Å². The van der Waals surface area contributed by atoms with Gasteiger partial charge >= 0.3 is 0 Å². The molecule has 0 bridgehead atoms. The summed E-state index contributed by atoms with van der Waals surface area (Å²) < 4.78 is 26.8. The fourth-order valence-electron chi connectivity index (χ4n) is 4.14. The monoisotopic (exact) mass is 603 g/mol. The largest absolute Gasteiger partial charge is 0.350 e. The first kappa shape index (κ1) is 31.5. The highest BCUT2D eigenvalue weighted by atomic mass is 35.5. The number of aryl methyl sites for hydroxylation is 1. The summed E-state index contributed by atoms with van der Waals surface area (Å²) >= 11 is 12.4. The van der Waals surface area contributed by atoms with E-state index < -0.39 is 34.1 Å². The predicted molar refractivity (Wildman–Crippen MR) is 162 cm³/mol. The molecule has 0 unspecified atom stereocenters. The minimum atomic E-state index is -3.88. The van der Waals surface area contributed by atoms with Crippen LogP contribution in [0.15, 0.2) is 72.8 Å². The average Bonchev–Trinajstić information content (AvgIpc) is 2.86. The lowest BCUT2D eigenvalue weighted by Gasteiger charge is -2.35. The van der Waals surface area contributed by atoms with Crippen LogP contribution in [0.4, 0.5) is 5.69 Å². The minimum absolute atomic E-state index is 0.0668. The first-order chi connectivity index (χ1) is 18.6. The molecule has 0 saturated carbocycles. The summed E-state index contributed by atoms with van der Waals surface area (Å²) in [6.45, 7) is 6.95. The van der Waals surface area contributed by atoms with Crippen LogP contribution in [0.3, 0.4) is 0 Å². The summed E-state index contributed by atoms with van der Waals surface area (Å²) in [5, 5.41) is 3.91. The van der Waals surface area contributed by atoms with Crippen LogP contribution in [0.25, 0.3) is 0 Å². The van der Waals surface area contributed by atoms with Gasteiger partial charge in [-0.3, -0.25) is 13.9 Å². The van der Waals surface area contributed by atoms with Crippen LogP contribution in [-0.2, 0) is 32.6 Å². The Labute approximate surface area is 247 Å². The normalized spacial score (nSPS) is 12.5. The number of hydrogen-bond donors (Lipinski definition) is 1. The number of sulfonamides is 1. The van der Waals surface area contributed by atoms with Gasteiger partial charge in [0.15, 0.2) is 0 Å². The molecule has 0 heterocycles. The van der Waals surface area contributed by atoms with Crippen molar-refractivity contribution in [3.63, 3.8) is 0 Å². The van der Waals surface area contributed by atoms with Gasteiger partial charge in [0.25, 0.3) is 0 Å². The number of carbonyl (C=O) groups is 2. The van der Waals surface area contributed by atoms with Crippen molar-refractivity contribution >= 4 is 50.7 Å².